The van der Waals surface area contributed by atoms with E-state index in [1.165, 1.54) is 22.4 Å². The lowest BCUT2D eigenvalue weighted by atomic mass is 10.1. The first-order valence-electron chi connectivity index (χ1n) is 12.4. The molecule has 7 nitrogen and oxygen atoms in total. The van der Waals surface area contributed by atoms with Crippen LogP contribution in [0, 0.1) is 20.8 Å². The van der Waals surface area contributed by atoms with Crippen molar-refractivity contribution in [3.8, 4) is 5.69 Å². The molecule has 186 valence electrons. The Morgan fingerprint density at radius 1 is 0.917 bits per heavy atom. The van der Waals surface area contributed by atoms with Crippen LogP contribution in [0.15, 0.2) is 67.0 Å². The lowest BCUT2D eigenvalue weighted by Crippen LogP contribution is -2.49. The summed E-state index contributed by atoms with van der Waals surface area (Å²) in [5.74, 6) is 0. The molecule has 5 rings (SSSR count). The summed E-state index contributed by atoms with van der Waals surface area (Å²) in [5, 5.41) is 13.5. The Labute approximate surface area is 218 Å². The van der Waals surface area contributed by atoms with E-state index in [9.17, 15) is 0 Å². The lowest BCUT2D eigenvalue weighted by Gasteiger charge is -2.36. The van der Waals surface area contributed by atoms with Crippen LogP contribution in [0.5, 0.6) is 0 Å². The van der Waals surface area contributed by atoms with Gasteiger partial charge in [-0.2, -0.15) is 10.2 Å². The van der Waals surface area contributed by atoms with Gasteiger partial charge < -0.3 is 10.2 Å². The van der Waals surface area contributed by atoms with Crippen LogP contribution in [0.2, 0.25) is 0 Å². The van der Waals surface area contributed by atoms with Gasteiger partial charge in [0.15, 0.2) is 5.11 Å². The largest absolute Gasteiger partial charge is 0.346 e. The fourth-order valence-corrected chi connectivity index (χ4v) is 5.04. The zero-order valence-corrected chi connectivity index (χ0v) is 22.0. The van der Waals surface area contributed by atoms with E-state index in [1.807, 2.05) is 23.1 Å². The number of aryl methyl sites for hydroxylation is 2. The monoisotopic (exact) mass is 499 g/mol. The van der Waals surface area contributed by atoms with Crippen molar-refractivity contribution in [1.29, 1.82) is 0 Å². The topological polar surface area (TPSA) is 54.2 Å². The van der Waals surface area contributed by atoms with Gasteiger partial charge >= 0.3 is 0 Å². The second kappa shape index (κ2) is 10.6. The number of nitrogens with zero attached hydrogens (tertiary/aromatic N) is 6. The zero-order chi connectivity index (χ0) is 25.1. The number of aromatic nitrogens is 4. The maximum Gasteiger partial charge on any atom is 0.173 e. The summed E-state index contributed by atoms with van der Waals surface area (Å²) in [7, 11) is 0. The molecule has 0 bridgehead atoms. The van der Waals surface area contributed by atoms with Crippen molar-refractivity contribution in [1.82, 2.24) is 29.4 Å². The van der Waals surface area contributed by atoms with E-state index in [1.54, 1.807) is 0 Å². The second-order valence-electron chi connectivity index (χ2n) is 9.44. The highest BCUT2D eigenvalue weighted by Gasteiger charge is 2.22. The molecular formula is C28H33N7S. The van der Waals surface area contributed by atoms with Crippen molar-refractivity contribution < 1.29 is 0 Å². The summed E-state index contributed by atoms with van der Waals surface area (Å²) in [6.07, 6.45) is 3.86. The van der Waals surface area contributed by atoms with Crippen LogP contribution in [0.1, 0.15) is 28.1 Å². The molecule has 0 spiro atoms. The molecule has 0 atom stereocenters. The number of para-hydroxylation sites is 1. The Kier molecular flexibility index (Phi) is 7.16. The van der Waals surface area contributed by atoms with Crippen molar-refractivity contribution >= 4 is 23.0 Å². The third-order valence-corrected chi connectivity index (χ3v) is 7.32. The molecule has 4 aromatic rings. The van der Waals surface area contributed by atoms with Crippen molar-refractivity contribution in [2.75, 3.05) is 31.5 Å². The number of hydrogen-bond donors (Lipinski definition) is 1. The van der Waals surface area contributed by atoms with E-state index in [4.69, 9.17) is 17.3 Å². The first kappa shape index (κ1) is 24.2. The molecule has 0 amide bonds. The van der Waals surface area contributed by atoms with Crippen molar-refractivity contribution in [2.24, 2.45) is 0 Å². The number of hydrogen-bond acceptors (Lipinski definition) is 4. The van der Waals surface area contributed by atoms with E-state index >= 15 is 0 Å². The van der Waals surface area contributed by atoms with Gasteiger partial charge in [-0.3, -0.25) is 9.58 Å². The Morgan fingerprint density at radius 3 is 2.39 bits per heavy atom. The zero-order valence-electron chi connectivity index (χ0n) is 21.2. The average Bonchev–Trinajstić information content (AvgIpc) is 3.45. The minimum Gasteiger partial charge on any atom is -0.346 e. The molecule has 0 aliphatic carbocycles. The van der Waals surface area contributed by atoms with Gasteiger partial charge in [0.05, 0.1) is 29.8 Å². The molecule has 1 saturated heterocycles. The van der Waals surface area contributed by atoms with Crippen molar-refractivity contribution in [2.45, 2.75) is 33.9 Å². The molecule has 36 heavy (non-hydrogen) atoms. The van der Waals surface area contributed by atoms with E-state index in [0.29, 0.717) is 0 Å². The maximum atomic E-state index is 5.73. The van der Waals surface area contributed by atoms with Gasteiger partial charge in [-0.05, 0) is 56.2 Å². The van der Waals surface area contributed by atoms with Crippen LogP contribution in [0.3, 0.4) is 0 Å². The van der Waals surface area contributed by atoms with Crippen LogP contribution >= 0.6 is 12.2 Å². The molecule has 1 aliphatic rings. The maximum absolute atomic E-state index is 5.73. The first-order valence-corrected chi connectivity index (χ1v) is 12.8. The quantitative estimate of drug-likeness (QED) is 0.393. The van der Waals surface area contributed by atoms with Gasteiger partial charge in [0.2, 0.25) is 0 Å². The smallest absolute Gasteiger partial charge is 0.173 e. The average molecular weight is 500 g/mol. The fourth-order valence-electron chi connectivity index (χ4n) is 4.74. The lowest BCUT2D eigenvalue weighted by molar-refractivity contribution is 0.176. The summed E-state index contributed by atoms with van der Waals surface area (Å²) < 4.78 is 4.00. The molecule has 8 heteroatoms. The van der Waals surface area contributed by atoms with Crippen molar-refractivity contribution in [3.63, 3.8) is 0 Å². The van der Waals surface area contributed by atoms with Crippen LogP contribution in [0.4, 0.5) is 5.69 Å². The predicted octanol–water partition coefficient (Wildman–Crippen LogP) is 4.56. The summed E-state index contributed by atoms with van der Waals surface area (Å²) in [6.45, 7) is 11.8. The Bertz CT molecular complexity index is 1330. The molecule has 0 radical (unpaired) electrons. The van der Waals surface area contributed by atoms with Gasteiger partial charge in [0.1, 0.15) is 0 Å². The first-order chi connectivity index (χ1) is 17.5. The molecule has 1 N–H and O–H groups in total. The molecule has 3 heterocycles. The molecule has 0 saturated carbocycles. The van der Waals surface area contributed by atoms with Gasteiger partial charge in [-0.1, -0.05) is 42.5 Å². The highest BCUT2D eigenvalue weighted by atomic mass is 32.1. The minimum atomic E-state index is 0.749. The highest BCUT2D eigenvalue weighted by Crippen LogP contribution is 2.20. The van der Waals surface area contributed by atoms with Gasteiger partial charge in [-0.15, -0.1) is 0 Å². The number of thiocarbonyl (C=S) groups is 1. The summed E-state index contributed by atoms with van der Waals surface area (Å²) in [5.41, 5.74) is 8.19. The third kappa shape index (κ3) is 5.34. The van der Waals surface area contributed by atoms with Crippen LogP contribution in [0.25, 0.3) is 5.69 Å². The summed E-state index contributed by atoms with van der Waals surface area (Å²) in [4.78, 5) is 4.74. The van der Waals surface area contributed by atoms with E-state index in [2.05, 4.69) is 94.2 Å². The number of anilines is 1. The Hall–Kier alpha value is -3.49. The highest BCUT2D eigenvalue weighted by molar-refractivity contribution is 7.80. The molecule has 2 aromatic heterocycles. The number of nitrogens with one attached hydrogen (secondary N) is 1. The summed E-state index contributed by atoms with van der Waals surface area (Å²) >= 11 is 5.73. The van der Waals surface area contributed by atoms with Gasteiger partial charge in [0.25, 0.3) is 0 Å². The minimum absolute atomic E-state index is 0.749. The third-order valence-electron chi connectivity index (χ3n) is 6.96. The normalized spacial score (nSPS) is 14.2. The Morgan fingerprint density at radius 2 is 1.64 bits per heavy atom. The number of benzene rings is 2. The number of rotatable bonds is 6. The van der Waals surface area contributed by atoms with Crippen LogP contribution in [-0.2, 0) is 13.1 Å². The fraction of sp³-hybridized carbons (Fsp3) is 0.321. The van der Waals surface area contributed by atoms with Crippen LogP contribution < -0.4 is 5.32 Å². The van der Waals surface area contributed by atoms with Crippen molar-refractivity contribution in [3.05, 3.63) is 95.1 Å². The molecule has 1 aliphatic heterocycles. The second-order valence-corrected chi connectivity index (χ2v) is 9.83. The van der Waals surface area contributed by atoms with E-state index < -0.39 is 0 Å². The molecule has 0 unspecified atom stereocenters. The Balaban J connectivity index is 1.14. The van der Waals surface area contributed by atoms with Gasteiger partial charge in [0, 0.05) is 50.2 Å². The molecule has 1 fully saturated rings. The molecule has 2 aromatic carbocycles. The predicted molar refractivity (Wildman–Crippen MR) is 149 cm³/mol. The standard InChI is InChI=1S/C28H33N7S/c1-21-9-7-8-10-24(21)18-34-19-25(17-29-34)30-28(36)33-15-13-32(14-16-33)20-27-22(2)31-35(23(27)3)26-11-5-4-6-12-26/h4-12,17,19H,13-16,18,20H2,1-3H3,(H,30,36). The summed E-state index contributed by atoms with van der Waals surface area (Å²) in [6, 6.07) is 18.7. The molecular weight excluding hydrogens is 466 g/mol. The number of piperazine rings is 1. The SMILES string of the molecule is Cc1ccccc1Cn1cc(NC(=S)N2CCN(Cc3c(C)nn(-c4ccccc4)c3C)CC2)cn1. The van der Waals surface area contributed by atoms with E-state index in [0.717, 1.165) is 61.4 Å². The van der Waals surface area contributed by atoms with Gasteiger partial charge in [-0.25, -0.2) is 4.68 Å². The van der Waals surface area contributed by atoms with E-state index in [-0.39, 0.29) is 0 Å². The van der Waals surface area contributed by atoms with Crippen LogP contribution in [-0.4, -0.2) is 60.7 Å².